The second kappa shape index (κ2) is 7.91. The number of hydrogen-bond acceptors (Lipinski definition) is 2. The van der Waals surface area contributed by atoms with Crippen LogP contribution in [0.3, 0.4) is 0 Å². The molecule has 3 fully saturated rings. The lowest BCUT2D eigenvalue weighted by atomic mass is 9.75. The number of carbonyl (C=O) groups excluding carboxylic acids is 1. The van der Waals surface area contributed by atoms with E-state index in [0.717, 1.165) is 50.5 Å². The molecule has 1 aliphatic carbocycles. The molecule has 1 aromatic heterocycles. The molecule has 0 aromatic carbocycles. The van der Waals surface area contributed by atoms with Gasteiger partial charge in [0.25, 0.3) is 5.82 Å². The van der Waals surface area contributed by atoms with Gasteiger partial charge in [0.05, 0.1) is 18.7 Å². The van der Waals surface area contributed by atoms with Crippen molar-refractivity contribution < 1.29 is 22.9 Å². The number of amides is 1. The number of aromatic nitrogens is 1. The summed E-state index contributed by atoms with van der Waals surface area (Å²) >= 11 is 0. The zero-order valence-corrected chi connectivity index (χ0v) is 16.2. The standard InChI is InChI=1S/C21H28F3N3O/c22-21(23,24)18-5-6-19(25-13-18)26-10-8-16(9-11-26)20(28)27-12-7-15-3-1-2-4-17(15)14-27/h5-6,13,15-17H,1-4,7-12,14H2/p+1/t15-,17+/m1/s1. The Morgan fingerprint density at radius 2 is 1.68 bits per heavy atom. The topological polar surface area (TPSA) is 37.7 Å². The van der Waals surface area contributed by atoms with Gasteiger partial charge in [-0.05, 0) is 43.6 Å². The number of fused-ring (bicyclic) bond motifs is 1. The summed E-state index contributed by atoms with van der Waals surface area (Å²) in [5, 5.41) is 0. The van der Waals surface area contributed by atoms with Crippen molar-refractivity contribution in [2.75, 3.05) is 31.1 Å². The van der Waals surface area contributed by atoms with Gasteiger partial charge >= 0.3 is 6.18 Å². The Labute approximate surface area is 164 Å². The molecule has 1 saturated carbocycles. The first-order chi connectivity index (χ1) is 13.4. The van der Waals surface area contributed by atoms with Gasteiger partial charge in [0.2, 0.25) is 5.91 Å². The fourth-order valence-corrected chi connectivity index (χ4v) is 5.22. The summed E-state index contributed by atoms with van der Waals surface area (Å²) in [5.74, 6) is 2.52. The molecule has 2 aliphatic heterocycles. The Balaban J connectivity index is 1.31. The second-order valence-corrected chi connectivity index (χ2v) is 8.60. The minimum absolute atomic E-state index is 0.0471. The van der Waals surface area contributed by atoms with Gasteiger partial charge in [0.1, 0.15) is 6.20 Å². The predicted molar refractivity (Wildman–Crippen MR) is 99.6 cm³/mol. The molecule has 1 aromatic rings. The molecule has 7 heteroatoms. The van der Waals surface area contributed by atoms with Crippen LogP contribution in [0.25, 0.3) is 0 Å². The third-order valence-electron chi connectivity index (χ3n) is 6.91. The smallest absolute Gasteiger partial charge is 0.342 e. The first-order valence-corrected chi connectivity index (χ1v) is 10.5. The second-order valence-electron chi connectivity index (χ2n) is 8.60. The van der Waals surface area contributed by atoms with E-state index in [9.17, 15) is 18.0 Å². The number of nitrogens with one attached hydrogen (secondary N) is 1. The number of H-pyrrole nitrogens is 1. The average Bonchev–Trinajstić information content (AvgIpc) is 2.72. The zero-order chi connectivity index (χ0) is 19.7. The van der Waals surface area contributed by atoms with Crippen molar-refractivity contribution in [2.24, 2.45) is 17.8 Å². The minimum atomic E-state index is -4.33. The number of hydrogen-bond donors (Lipinski definition) is 0. The van der Waals surface area contributed by atoms with Crippen molar-refractivity contribution >= 4 is 11.7 Å². The van der Waals surface area contributed by atoms with E-state index in [4.69, 9.17) is 0 Å². The van der Waals surface area contributed by atoms with Crippen LogP contribution >= 0.6 is 0 Å². The van der Waals surface area contributed by atoms with Crippen LogP contribution in [0.15, 0.2) is 18.3 Å². The van der Waals surface area contributed by atoms with Crippen molar-refractivity contribution in [3.8, 4) is 0 Å². The summed E-state index contributed by atoms with van der Waals surface area (Å²) in [5.41, 5.74) is -0.674. The fourth-order valence-electron chi connectivity index (χ4n) is 5.22. The number of nitrogens with zero attached hydrogens (tertiary/aromatic N) is 2. The molecular formula is C21H29F3N3O+. The lowest BCUT2D eigenvalue weighted by molar-refractivity contribution is -0.367. The predicted octanol–water partition coefficient (Wildman–Crippen LogP) is 3.77. The summed E-state index contributed by atoms with van der Waals surface area (Å²) in [6.07, 6.45) is 4.58. The molecule has 2 atom stereocenters. The van der Waals surface area contributed by atoms with Crippen LogP contribution in [0.5, 0.6) is 0 Å². The highest BCUT2D eigenvalue weighted by Crippen LogP contribution is 2.37. The van der Waals surface area contributed by atoms with E-state index in [1.807, 2.05) is 4.90 Å². The fraction of sp³-hybridized carbons (Fsp3) is 0.714. The molecule has 1 amide bonds. The highest BCUT2D eigenvalue weighted by molar-refractivity contribution is 5.79. The Morgan fingerprint density at radius 3 is 2.32 bits per heavy atom. The Hall–Kier alpha value is -1.79. The Bertz CT molecular complexity index is 683. The SMILES string of the molecule is O=C(C1CCN(c2ccc(C(F)(F)F)c[nH+]2)CC1)N1CC[C@H]2CCCC[C@H]2C1. The number of likely N-dealkylation sites (tertiary alicyclic amines) is 1. The highest BCUT2D eigenvalue weighted by atomic mass is 19.4. The van der Waals surface area contributed by atoms with Crippen molar-refractivity contribution in [2.45, 2.75) is 51.1 Å². The molecule has 4 rings (SSSR count). The first kappa shape index (κ1) is 19.5. The summed E-state index contributed by atoms with van der Waals surface area (Å²) in [7, 11) is 0. The molecule has 3 heterocycles. The maximum Gasteiger partial charge on any atom is 0.419 e. The molecule has 0 unspecified atom stereocenters. The van der Waals surface area contributed by atoms with Gasteiger partial charge in [-0.3, -0.25) is 9.69 Å². The van der Waals surface area contributed by atoms with Crippen molar-refractivity contribution in [1.82, 2.24) is 4.90 Å². The number of anilines is 1. The van der Waals surface area contributed by atoms with E-state index in [1.54, 1.807) is 0 Å². The van der Waals surface area contributed by atoms with E-state index in [1.165, 1.54) is 31.7 Å². The molecule has 28 heavy (non-hydrogen) atoms. The maximum atomic E-state index is 13.0. The summed E-state index contributed by atoms with van der Waals surface area (Å²) in [4.78, 5) is 19.9. The van der Waals surface area contributed by atoms with E-state index in [-0.39, 0.29) is 5.92 Å². The molecule has 3 aliphatic rings. The van der Waals surface area contributed by atoms with Crippen molar-refractivity contribution in [3.05, 3.63) is 23.9 Å². The van der Waals surface area contributed by atoms with E-state index in [2.05, 4.69) is 9.88 Å². The molecular weight excluding hydrogens is 367 g/mol. The Kier molecular flexibility index (Phi) is 5.52. The molecule has 1 N–H and O–H groups in total. The van der Waals surface area contributed by atoms with Crippen LogP contribution in [0.2, 0.25) is 0 Å². The van der Waals surface area contributed by atoms with Crippen molar-refractivity contribution in [3.63, 3.8) is 0 Å². The van der Waals surface area contributed by atoms with E-state index in [0.29, 0.717) is 30.7 Å². The lowest BCUT2D eigenvalue weighted by Gasteiger charge is -2.42. The monoisotopic (exact) mass is 396 g/mol. The molecule has 4 nitrogen and oxygen atoms in total. The molecule has 154 valence electrons. The van der Waals surface area contributed by atoms with Gasteiger partial charge in [0, 0.05) is 25.1 Å². The quantitative estimate of drug-likeness (QED) is 0.763. The molecule has 0 spiro atoms. The number of piperidine rings is 2. The van der Waals surface area contributed by atoms with Gasteiger partial charge in [-0.1, -0.05) is 19.3 Å². The van der Waals surface area contributed by atoms with E-state index >= 15 is 0 Å². The van der Waals surface area contributed by atoms with Crippen LogP contribution in [0.4, 0.5) is 19.0 Å². The number of carbonyl (C=O) groups is 1. The first-order valence-electron chi connectivity index (χ1n) is 10.5. The number of alkyl halides is 3. The van der Waals surface area contributed by atoms with Crippen LogP contribution < -0.4 is 9.88 Å². The van der Waals surface area contributed by atoms with Crippen LogP contribution in [-0.4, -0.2) is 37.0 Å². The van der Waals surface area contributed by atoms with Gasteiger partial charge in [-0.15, -0.1) is 0 Å². The third-order valence-corrected chi connectivity index (χ3v) is 6.91. The van der Waals surface area contributed by atoms with Crippen LogP contribution in [0.1, 0.15) is 50.5 Å². The highest BCUT2D eigenvalue weighted by Gasteiger charge is 2.37. The third kappa shape index (κ3) is 4.13. The van der Waals surface area contributed by atoms with Gasteiger partial charge in [0.15, 0.2) is 0 Å². The normalized spacial score (nSPS) is 26.8. The van der Waals surface area contributed by atoms with Crippen LogP contribution in [0, 0.1) is 17.8 Å². The average molecular weight is 396 g/mol. The zero-order valence-electron chi connectivity index (χ0n) is 16.2. The molecule has 0 bridgehead atoms. The number of rotatable bonds is 2. The number of pyridine rings is 1. The minimum Gasteiger partial charge on any atom is -0.342 e. The van der Waals surface area contributed by atoms with Crippen LogP contribution in [-0.2, 0) is 11.0 Å². The van der Waals surface area contributed by atoms with Crippen molar-refractivity contribution in [1.29, 1.82) is 0 Å². The van der Waals surface area contributed by atoms with Gasteiger partial charge < -0.3 is 4.90 Å². The van der Waals surface area contributed by atoms with Gasteiger partial charge in [-0.2, -0.15) is 13.2 Å². The molecule has 0 radical (unpaired) electrons. The molecule has 2 saturated heterocycles. The van der Waals surface area contributed by atoms with E-state index < -0.39 is 11.7 Å². The summed E-state index contributed by atoms with van der Waals surface area (Å²) < 4.78 is 38.1. The largest absolute Gasteiger partial charge is 0.419 e. The summed E-state index contributed by atoms with van der Waals surface area (Å²) in [6, 6.07) is 2.59. The Morgan fingerprint density at radius 1 is 0.964 bits per heavy atom. The number of aromatic amines is 1. The number of halogens is 3. The lowest BCUT2D eigenvalue weighted by Crippen LogP contribution is -2.49. The van der Waals surface area contributed by atoms with Gasteiger partial charge in [-0.25, -0.2) is 4.98 Å². The maximum absolute atomic E-state index is 13.0. The summed E-state index contributed by atoms with van der Waals surface area (Å²) in [6.45, 7) is 3.21.